The van der Waals surface area contributed by atoms with Gasteiger partial charge in [-0.1, -0.05) is 50.2 Å². The smallest absolute Gasteiger partial charge is 0.309 e. The van der Waals surface area contributed by atoms with Gasteiger partial charge in [-0.2, -0.15) is 0 Å². The SMILES string of the molecule is CCOCCOc1ccc([C@@H]2[C@@H](C(=O)O)[C@@H](c3ccc4c(c3)OCO4)CN2CC(=O)Nc2c(CC)cccc2CC)cc1. The van der Waals surface area contributed by atoms with Crippen LogP contribution < -0.4 is 19.5 Å². The minimum Gasteiger partial charge on any atom is -0.491 e. The molecule has 1 saturated heterocycles. The number of carbonyl (C=O) groups is 2. The Bertz CT molecular complexity index is 1400. The third-order valence-corrected chi connectivity index (χ3v) is 8.24. The number of rotatable bonds is 13. The Kier molecular flexibility index (Phi) is 9.84. The molecule has 2 aliphatic heterocycles. The average Bonchev–Trinajstić information content (AvgIpc) is 3.64. The maximum Gasteiger partial charge on any atom is 0.309 e. The third-order valence-electron chi connectivity index (χ3n) is 8.24. The molecule has 1 fully saturated rings. The van der Waals surface area contributed by atoms with Gasteiger partial charge in [-0.3, -0.25) is 14.5 Å². The van der Waals surface area contributed by atoms with Crippen molar-refractivity contribution >= 4 is 17.6 Å². The van der Waals surface area contributed by atoms with Gasteiger partial charge in [0, 0.05) is 30.8 Å². The van der Waals surface area contributed by atoms with Gasteiger partial charge in [0.05, 0.1) is 19.1 Å². The number of anilines is 1. The van der Waals surface area contributed by atoms with Crippen molar-refractivity contribution in [2.45, 2.75) is 45.6 Å². The highest BCUT2D eigenvalue weighted by Gasteiger charge is 2.48. The molecule has 228 valence electrons. The average molecular weight is 589 g/mol. The first-order valence-electron chi connectivity index (χ1n) is 15.0. The highest BCUT2D eigenvalue weighted by molar-refractivity contribution is 5.94. The number of nitrogens with zero attached hydrogens (tertiary/aromatic N) is 1. The van der Waals surface area contributed by atoms with Crippen LogP contribution in [0.2, 0.25) is 0 Å². The molecule has 0 bridgehead atoms. The van der Waals surface area contributed by atoms with Crippen molar-refractivity contribution in [2.24, 2.45) is 5.92 Å². The standard InChI is InChI=1S/C34H40N2O7/c1-4-22-8-7-9-23(5-2)32(22)35-30(37)20-36-19-27(25-12-15-28-29(18-25)43-21-42-28)31(34(38)39)33(36)24-10-13-26(14-11-24)41-17-16-40-6-3/h7-15,18,27,31,33H,4-6,16-17,19-21H2,1-3H3,(H,35,37)(H,38,39)/t27-,31+,33-/m1/s1. The fraction of sp³-hybridized carbons (Fsp3) is 0.412. The Balaban J connectivity index is 1.44. The number of hydrogen-bond donors (Lipinski definition) is 2. The number of benzene rings is 3. The second-order valence-corrected chi connectivity index (χ2v) is 10.8. The third kappa shape index (κ3) is 6.78. The van der Waals surface area contributed by atoms with Gasteiger partial charge >= 0.3 is 5.97 Å². The van der Waals surface area contributed by atoms with Gasteiger partial charge in [-0.05, 0) is 66.3 Å². The van der Waals surface area contributed by atoms with Crippen LogP contribution >= 0.6 is 0 Å². The van der Waals surface area contributed by atoms with Crippen molar-refractivity contribution < 1.29 is 33.6 Å². The number of para-hydroxylation sites is 1. The predicted molar refractivity (Wildman–Crippen MR) is 163 cm³/mol. The predicted octanol–water partition coefficient (Wildman–Crippen LogP) is 5.44. The molecular formula is C34H40N2O7. The molecule has 1 amide bonds. The van der Waals surface area contributed by atoms with Crippen LogP contribution in [0.4, 0.5) is 5.69 Å². The van der Waals surface area contributed by atoms with Crippen LogP contribution in [0.5, 0.6) is 17.2 Å². The van der Waals surface area contributed by atoms with E-state index in [0.717, 1.165) is 40.8 Å². The molecule has 0 unspecified atom stereocenters. The Morgan fingerprint density at radius 2 is 1.63 bits per heavy atom. The second kappa shape index (κ2) is 13.9. The molecule has 5 rings (SSSR count). The van der Waals surface area contributed by atoms with Gasteiger partial charge < -0.3 is 29.4 Å². The molecule has 0 aromatic heterocycles. The molecule has 3 atom stereocenters. The number of aliphatic carboxylic acids is 1. The quantitative estimate of drug-likeness (QED) is 0.255. The van der Waals surface area contributed by atoms with Gasteiger partial charge in [0.2, 0.25) is 12.7 Å². The molecule has 2 N–H and O–H groups in total. The normalized spacial score (nSPS) is 19.4. The maximum atomic E-state index is 13.6. The number of fused-ring (bicyclic) bond motifs is 1. The number of carbonyl (C=O) groups excluding carboxylic acids is 1. The van der Waals surface area contributed by atoms with Gasteiger partial charge in [-0.25, -0.2) is 0 Å². The topological polar surface area (TPSA) is 107 Å². The Hall–Kier alpha value is -4.08. The molecule has 43 heavy (non-hydrogen) atoms. The first kappa shape index (κ1) is 30.4. The van der Waals surface area contributed by atoms with Crippen molar-refractivity contribution in [1.82, 2.24) is 4.90 Å². The highest BCUT2D eigenvalue weighted by atomic mass is 16.7. The first-order chi connectivity index (χ1) is 20.9. The second-order valence-electron chi connectivity index (χ2n) is 10.8. The molecule has 0 saturated carbocycles. The van der Waals surface area contributed by atoms with E-state index in [2.05, 4.69) is 19.2 Å². The molecule has 9 nitrogen and oxygen atoms in total. The number of amides is 1. The Morgan fingerprint density at radius 1 is 0.930 bits per heavy atom. The van der Waals surface area contributed by atoms with E-state index in [9.17, 15) is 14.7 Å². The summed E-state index contributed by atoms with van der Waals surface area (Å²) in [6, 6.07) is 18.6. The number of carboxylic acids is 1. The lowest BCUT2D eigenvalue weighted by Crippen LogP contribution is -2.35. The van der Waals surface area contributed by atoms with Crippen molar-refractivity contribution in [2.75, 3.05) is 45.0 Å². The fourth-order valence-electron chi connectivity index (χ4n) is 6.16. The van der Waals surface area contributed by atoms with Crippen molar-refractivity contribution in [3.63, 3.8) is 0 Å². The van der Waals surface area contributed by atoms with E-state index in [-0.39, 0.29) is 25.2 Å². The van der Waals surface area contributed by atoms with E-state index in [1.54, 1.807) is 0 Å². The summed E-state index contributed by atoms with van der Waals surface area (Å²) in [6.07, 6.45) is 1.59. The summed E-state index contributed by atoms with van der Waals surface area (Å²) >= 11 is 0. The van der Waals surface area contributed by atoms with Crippen LogP contribution in [0, 0.1) is 5.92 Å². The zero-order valence-electron chi connectivity index (χ0n) is 25.0. The molecule has 0 aliphatic carbocycles. The van der Waals surface area contributed by atoms with E-state index in [1.165, 1.54) is 0 Å². The summed E-state index contributed by atoms with van der Waals surface area (Å²) in [6.45, 7) is 8.17. The summed E-state index contributed by atoms with van der Waals surface area (Å²) in [7, 11) is 0. The van der Waals surface area contributed by atoms with Crippen LogP contribution in [0.25, 0.3) is 0 Å². The number of hydrogen-bond acceptors (Lipinski definition) is 7. The molecule has 2 heterocycles. The van der Waals surface area contributed by atoms with E-state index in [4.69, 9.17) is 18.9 Å². The van der Waals surface area contributed by atoms with Crippen LogP contribution in [-0.4, -0.2) is 61.6 Å². The fourth-order valence-corrected chi connectivity index (χ4v) is 6.16. The molecular weight excluding hydrogens is 548 g/mol. The van der Waals surface area contributed by atoms with Crippen LogP contribution in [-0.2, 0) is 27.2 Å². The number of ether oxygens (including phenoxy) is 4. The Morgan fingerprint density at radius 3 is 2.30 bits per heavy atom. The van der Waals surface area contributed by atoms with Crippen molar-refractivity contribution in [3.05, 3.63) is 82.9 Å². The van der Waals surface area contributed by atoms with Gasteiger partial charge in [0.15, 0.2) is 11.5 Å². The van der Waals surface area contributed by atoms with Crippen LogP contribution in [0.15, 0.2) is 60.7 Å². The number of nitrogens with one attached hydrogen (secondary N) is 1. The van der Waals surface area contributed by atoms with E-state index in [0.29, 0.717) is 43.6 Å². The van der Waals surface area contributed by atoms with Crippen LogP contribution in [0.1, 0.15) is 55.0 Å². The van der Waals surface area contributed by atoms with E-state index < -0.39 is 17.9 Å². The molecule has 2 aliphatic rings. The van der Waals surface area contributed by atoms with Crippen molar-refractivity contribution in [1.29, 1.82) is 0 Å². The lowest BCUT2D eigenvalue weighted by atomic mass is 9.82. The number of aryl methyl sites for hydroxylation is 2. The number of likely N-dealkylation sites (tertiary alicyclic amines) is 1. The number of carboxylic acid groups (broad SMARTS) is 1. The lowest BCUT2D eigenvalue weighted by molar-refractivity contribution is -0.143. The molecule has 9 heteroatoms. The minimum absolute atomic E-state index is 0.0449. The van der Waals surface area contributed by atoms with E-state index in [1.807, 2.05) is 72.5 Å². The largest absolute Gasteiger partial charge is 0.491 e. The maximum absolute atomic E-state index is 13.6. The molecule has 0 spiro atoms. The molecule has 0 radical (unpaired) electrons. The first-order valence-corrected chi connectivity index (χ1v) is 15.0. The van der Waals surface area contributed by atoms with Crippen LogP contribution in [0.3, 0.4) is 0 Å². The Labute approximate surface area is 252 Å². The van der Waals surface area contributed by atoms with Gasteiger partial charge in [0.1, 0.15) is 12.4 Å². The molecule has 3 aromatic carbocycles. The summed E-state index contributed by atoms with van der Waals surface area (Å²) in [5, 5.41) is 13.8. The van der Waals surface area contributed by atoms with E-state index >= 15 is 0 Å². The van der Waals surface area contributed by atoms with Crippen molar-refractivity contribution in [3.8, 4) is 17.2 Å². The zero-order chi connectivity index (χ0) is 30.3. The zero-order valence-corrected chi connectivity index (χ0v) is 25.0. The van der Waals surface area contributed by atoms with Gasteiger partial charge in [-0.15, -0.1) is 0 Å². The summed E-state index contributed by atoms with van der Waals surface area (Å²) in [4.78, 5) is 28.5. The highest BCUT2D eigenvalue weighted by Crippen LogP contribution is 2.47. The summed E-state index contributed by atoms with van der Waals surface area (Å²) < 4.78 is 22.2. The lowest BCUT2D eigenvalue weighted by Gasteiger charge is -2.27. The van der Waals surface area contributed by atoms with Gasteiger partial charge in [0.25, 0.3) is 0 Å². The monoisotopic (exact) mass is 588 g/mol. The minimum atomic E-state index is -0.919. The molecule has 3 aromatic rings. The summed E-state index contributed by atoms with van der Waals surface area (Å²) in [5.41, 5.74) is 4.65. The summed E-state index contributed by atoms with van der Waals surface area (Å²) in [5.74, 6) is -0.348.